The van der Waals surface area contributed by atoms with Crippen molar-refractivity contribution in [1.82, 2.24) is 20.3 Å². The second kappa shape index (κ2) is 16.0. The van der Waals surface area contributed by atoms with Crippen molar-refractivity contribution < 1.29 is 14.3 Å². The number of nitrogens with two attached hydrogens (primary N) is 1. The normalized spacial score (nSPS) is 13.9. The lowest BCUT2D eigenvalue weighted by molar-refractivity contribution is -0.120. The third kappa shape index (κ3) is 11.3. The van der Waals surface area contributed by atoms with Crippen LogP contribution in [-0.2, 0) is 20.7 Å². The van der Waals surface area contributed by atoms with Crippen LogP contribution >= 0.6 is 0 Å². The van der Waals surface area contributed by atoms with Crippen LogP contribution in [0.1, 0.15) is 51.5 Å². The van der Waals surface area contributed by atoms with Crippen molar-refractivity contribution in [2.24, 2.45) is 5.73 Å². The Balaban J connectivity index is 1.48. The van der Waals surface area contributed by atoms with Crippen LogP contribution in [0.15, 0.2) is 24.3 Å². The molecule has 0 radical (unpaired) electrons. The summed E-state index contributed by atoms with van der Waals surface area (Å²) in [6, 6.07) is 8.26. The second-order valence-electron chi connectivity index (χ2n) is 9.45. The van der Waals surface area contributed by atoms with Crippen LogP contribution in [0.5, 0.6) is 0 Å². The summed E-state index contributed by atoms with van der Waals surface area (Å²) < 4.78 is 10.7. The number of rotatable bonds is 16. The number of carbonyl (C=O) groups excluding carboxylic acids is 1. The Labute approximate surface area is 219 Å². The van der Waals surface area contributed by atoms with Gasteiger partial charge in [0.15, 0.2) is 0 Å². The van der Waals surface area contributed by atoms with Crippen LogP contribution < -0.4 is 27.0 Å². The highest BCUT2D eigenvalue weighted by atomic mass is 16.5. The molecule has 1 heterocycles. The van der Waals surface area contributed by atoms with Crippen LogP contribution in [0.2, 0.25) is 0 Å². The van der Waals surface area contributed by atoms with Gasteiger partial charge < -0.3 is 36.5 Å². The Hall–Kier alpha value is -3.02. The van der Waals surface area contributed by atoms with E-state index in [-0.39, 0.29) is 11.9 Å². The fourth-order valence-corrected chi connectivity index (χ4v) is 4.00. The number of benzene rings is 1. The van der Waals surface area contributed by atoms with E-state index in [2.05, 4.69) is 36.2 Å². The van der Waals surface area contributed by atoms with Gasteiger partial charge >= 0.3 is 0 Å². The Bertz CT molecular complexity index is 936. The number of hydrogen-bond acceptors (Lipinski definition) is 10. The van der Waals surface area contributed by atoms with Crippen LogP contribution in [0, 0.1) is 0 Å². The molecule has 11 nitrogen and oxygen atoms in total. The third-order valence-electron chi connectivity index (χ3n) is 5.77. The molecule has 6 N–H and O–H groups in total. The van der Waals surface area contributed by atoms with Gasteiger partial charge in [-0.3, -0.25) is 4.79 Å². The van der Waals surface area contributed by atoms with Crippen molar-refractivity contribution in [1.29, 1.82) is 0 Å². The molecule has 0 bridgehead atoms. The molecule has 1 aromatic heterocycles. The molecule has 1 amide bonds. The number of nitrogens with zero attached hydrogens (tertiary/aromatic N) is 3. The molecule has 1 aliphatic carbocycles. The minimum atomic E-state index is -0.0519. The Morgan fingerprint density at radius 1 is 0.946 bits per heavy atom. The van der Waals surface area contributed by atoms with E-state index < -0.39 is 0 Å². The molecule has 0 atom stereocenters. The highest BCUT2D eigenvalue weighted by Gasteiger charge is 2.16. The summed E-state index contributed by atoms with van der Waals surface area (Å²) in [5, 5.41) is 12.9. The smallest absolute Gasteiger partial charge is 0.233 e. The molecule has 0 unspecified atom stereocenters. The molecule has 2 aromatic rings. The highest BCUT2D eigenvalue weighted by molar-refractivity contribution is 5.78. The maximum Gasteiger partial charge on any atom is 0.233 e. The van der Waals surface area contributed by atoms with Crippen molar-refractivity contribution in [3.8, 4) is 0 Å². The van der Waals surface area contributed by atoms with Crippen LogP contribution in [-0.4, -0.2) is 72.5 Å². The Morgan fingerprint density at radius 3 is 2.32 bits per heavy atom. The lowest BCUT2D eigenvalue weighted by atomic mass is 9.96. The third-order valence-corrected chi connectivity index (χ3v) is 5.77. The minimum absolute atomic E-state index is 0.0519. The fourth-order valence-electron chi connectivity index (χ4n) is 4.00. The molecule has 0 spiro atoms. The summed E-state index contributed by atoms with van der Waals surface area (Å²) in [5.74, 6) is 1.53. The molecule has 1 aliphatic rings. The van der Waals surface area contributed by atoms with Gasteiger partial charge in [0.25, 0.3) is 0 Å². The fraction of sp³-hybridized carbons (Fsp3) is 0.615. The van der Waals surface area contributed by atoms with Crippen LogP contribution in [0.25, 0.3) is 0 Å². The average molecular weight is 515 g/mol. The quantitative estimate of drug-likeness (QED) is 0.212. The van der Waals surface area contributed by atoms with Gasteiger partial charge in [0.05, 0.1) is 32.8 Å². The molecule has 0 saturated heterocycles. The monoisotopic (exact) mass is 514 g/mol. The van der Waals surface area contributed by atoms with E-state index in [0.29, 0.717) is 69.8 Å². The lowest BCUT2D eigenvalue weighted by Crippen LogP contribution is -2.29. The lowest BCUT2D eigenvalue weighted by Gasteiger charge is -2.23. The van der Waals surface area contributed by atoms with E-state index in [4.69, 9.17) is 15.2 Å². The zero-order valence-electron chi connectivity index (χ0n) is 22.1. The van der Waals surface area contributed by atoms with E-state index in [1.165, 1.54) is 19.3 Å². The number of ether oxygens (including phenoxy) is 2. The van der Waals surface area contributed by atoms with Crippen molar-refractivity contribution in [3.05, 3.63) is 29.8 Å². The van der Waals surface area contributed by atoms with Crippen LogP contribution in [0.4, 0.5) is 23.5 Å². The van der Waals surface area contributed by atoms with Gasteiger partial charge in [0.1, 0.15) is 0 Å². The minimum Gasteiger partial charge on any atom is -0.378 e. The number of aromatic nitrogens is 3. The molecule has 3 rings (SSSR count). The summed E-state index contributed by atoms with van der Waals surface area (Å²) in [6.45, 7) is 7.01. The van der Waals surface area contributed by atoms with Gasteiger partial charge in [-0.2, -0.15) is 15.0 Å². The summed E-state index contributed by atoms with van der Waals surface area (Å²) in [7, 11) is 0. The number of nitrogens with one attached hydrogen (secondary N) is 4. The Morgan fingerprint density at radius 2 is 1.62 bits per heavy atom. The maximum atomic E-state index is 12.2. The SMILES string of the molecule is CC(C)Nc1nc(Nc2ccc(CC(=O)NCCOCCOCCN)cc2)nc(NC2CCCCC2)n1. The average Bonchev–Trinajstić information content (AvgIpc) is 2.87. The number of carbonyl (C=O) groups is 1. The molecular formula is C26H42N8O3. The van der Waals surface area contributed by atoms with Gasteiger partial charge in [-0.1, -0.05) is 31.4 Å². The molecule has 1 fully saturated rings. The number of amides is 1. The first-order valence-electron chi connectivity index (χ1n) is 13.3. The van der Waals surface area contributed by atoms with Gasteiger partial charge in [0.2, 0.25) is 23.8 Å². The zero-order chi connectivity index (χ0) is 26.3. The topological polar surface area (TPSA) is 148 Å². The van der Waals surface area contributed by atoms with E-state index in [9.17, 15) is 4.79 Å². The number of hydrogen-bond donors (Lipinski definition) is 5. The molecular weight excluding hydrogens is 472 g/mol. The van der Waals surface area contributed by atoms with Crippen molar-refractivity contribution in [2.75, 3.05) is 55.5 Å². The first-order chi connectivity index (χ1) is 18.0. The maximum absolute atomic E-state index is 12.2. The van der Waals surface area contributed by atoms with Crippen molar-refractivity contribution in [2.45, 2.75) is 64.5 Å². The summed E-state index contributed by atoms with van der Waals surface area (Å²) in [5.41, 5.74) is 7.10. The van der Waals surface area contributed by atoms with Crippen molar-refractivity contribution >= 4 is 29.4 Å². The highest BCUT2D eigenvalue weighted by Crippen LogP contribution is 2.22. The van der Waals surface area contributed by atoms with Gasteiger partial charge in [0, 0.05) is 30.9 Å². The van der Waals surface area contributed by atoms with Gasteiger partial charge in [-0.15, -0.1) is 0 Å². The zero-order valence-corrected chi connectivity index (χ0v) is 22.1. The van der Waals surface area contributed by atoms with E-state index in [1.54, 1.807) is 0 Å². The van der Waals surface area contributed by atoms with Crippen LogP contribution in [0.3, 0.4) is 0 Å². The molecule has 11 heteroatoms. The van der Waals surface area contributed by atoms with E-state index >= 15 is 0 Å². The molecule has 0 aliphatic heterocycles. The van der Waals surface area contributed by atoms with E-state index in [1.807, 2.05) is 38.1 Å². The standard InChI is InChI=1S/C26H42N8O3/c1-19(2)29-24-32-25(30-21-6-4-3-5-7-21)34-26(33-24)31-22-10-8-20(9-11-22)18-23(35)28-13-15-37-17-16-36-14-12-27/h8-11,19,21H,3-7,12-18,27H2,1-2H3,(H,28,35)(H3,29,30,31,32,33,34). The first kappa shape index (κ1) is 28.5. The van der Waals surface area contributed by atoms with E-state index in [0.717, 1.165) is 24.1 Å². The summed E-state index contributed by atoms with van der Waals surface area (Å²) >= 11 is 0. The predicted octanol–water partition coefficient (Wildman–Crippen LogP) is 2.83. The van der Waals surface area contributed by atoms with Crippen molar-refractivity contribution in [3.63, 3.8) is 0 Å². The second-order valence-corrected chi connectivity index (χ2v) is 9.45. The molecule has 1 aromatic carbocycles. The summed E-state index contributed by atoms with van der Waals surface area (Å²) in [4.78, 5) is 25.9. The van der Waals surface area contributed by atoms with Gasteiger partial charge in [-0.05, 0) is 44.4 Å². The molecule has 204 valence electrons. The largest absolute Gasteiger partial charge is 0.378 e. The molecule has 37 heavy (non-hydrogen) atoms. The predicted molar refractivity (Wildman–Crippen MR) is 146 cm³/mol. The first-order valence-corrected chi connectivity index (χ1v) is 13.3. The van der Waals surface area contributed by atoms with Gasteiger partial charge in [-0.25, -0.2) is 0 Å². The molecule has 1 saturated carbocycles. The Kier molecular flexibility index (Phi) is 12.3. The summed E-state index contributed by atoms with van der Waals surface area (Å²) in [6.07, 6.45) is 6.31. The number of anilines is 4.